The van der Waals surface area contributed by atoms with Crippen molar-refractivity contribution < 1.29 is 9.53 Å². The van der Waals surface area contributed by atoms with E-state index >= 15 is 0 Å². The van der Waals surface area contributed by atoms with Crippen molar-refractivity contribution in [3.05, 3.63) is 41.3 Å². The number of carbonyl (C=O) groups excluding carboxylic acids is 1. The van der Waals surface area contributed by atoms with Crippen LogP contribution in [0.2, 0.25) is 0 Å². The maximum atomic E-state index is 11.7. The Bertz CT molecular complexity index is 476. The van der Waals surface area contributed by atoms with Gasteiger partial charge in [0.05, 0.1) is 12.5 Å². The number of carbonyl (C=O) groups is 1. The fourth-order valence-electron chi connectivity index (χ4n) is 3.05. The van der Waals surface area contributed by atoms with Gasteiger partial charge in [-0.05, 0) is 49.7 Å². The first kappa shape index (κ1) is 17.0. The zero-order chi connectivity index (χ0) is 15.9. The Morgan fingerprint density at radius 2 is 1.95 bits per heavy atom. The first-order valence-electron chi connectivity index (χ1n) is 8.39. The van der Waals surface area contributed by atoms with Gasteiger partial charge in [0.1, 0.15) is 0 Å². The van der Waals surface area contributed by atoms with Gasteiger partial charge in [-0.2, -0.15) is 0 Å². The topological polar surface area (TPSA) is 38.3 Å². The normalized spacial score (nSPS) is 21.8. The van der Waals surface area contributed by atoms with Crippen molar-refractivity contribution in [2.75, 3.05) is 6.61 Å². The third kappa shape index (κ3) is 4.84. The summed E-state index contributed by atoms with van der Waals surface area (Å²) in [5, 5.41) is 3.63. The molecule has 0 bridgehead atoms. The van der Waals surface area contributed by atoms with E-state index < -0.39 is 0 Å². The predicted molar refractivity (Wildman–Crippen MR) is 89.4 cm³/mol. The lowest BCUT2D eigenvalue weighted by Gasteiger charge is -2.28. The van der Waals surface area contributed by atoms with E-state index in [0.717, 1.165) is 32.2 Å². The smallest absolute Gasteiger partial charge is 0.308 e. The molecule has 2 rings (SSSR count). The quantitative estimate of drug-likeness (QED) is 0.811. The van der Waals surface area contributed by atoms with Crippen LogP contribution in [-0.4, -0.2) is 18.6 Å². The van der Waals surface area contributed by atoms with Crippen LogP contribution in [0.5, 0.6) is 0 Å². The average Bonchev–Trinajstić information content (AvgIpc) is 2.54. The Morgan fingerprint density at radius 3 is 2.59 bits per heavy atom. The van der Waals surface area contributed by atoms with Crippen LogP contribution in [0.1, 0.15) is 57.6 Å². The fraction of sp³-hybridized carbons (Fsp3) is 0.579. The van der Waals surface area contributed by atoms with E-state index in [1.807, 2.05) is 6.92 Å². The molecule has 0 unspecified atom stereocenters. The molecule has 0 heterocycles. The van der Waals surface area contributed by atoms with E-state index in [2.05, 4.69) is 43.4 Å². The summed E-state index contributed by atoms with van der Waals surface area (Å²) in [6.45, 7) is 7.54. The average molecular weight is 302 g/mol. The number of rotatable bonds is 6. The summed E-state index contributed by atoms with van der Waals surface area (Å²) in [6.07, 6.45) is 4.00. The monoisotopic (exact) mass is 302 g/mol. The lowest BCUT2D eigenvalue weighted by Crippen LogP contribution is -2.35. The number of benzene rings is 1. The Kier molecular flexibility index (Phi) is 6.44. The Hall–Kier alpha value is -1.35. The molecule has 1 radical (unpaired) electrons. The van der Waals surface area contributed by atoms with Crippen molar-refractivity contribution in [2.24, 2.45) is 5.92 Å². The molecule has 22 heavy (non-hydrogen) atoms. The highest BCUT2D eigenvalue weighted by molar-refractivity contribution is 5.72. The lowest BCUT2D eigenvalue weighted by molar-refractivity contribution is -0.149. The van der Waals surface area contributed by atoms with Gasteiger partial charge in [-0.1, -0.05) is 38.1 Å². The summed E-state index contributed by atoms with van der Waals surface area (Å²) in [7, 11) is 0. The number of esters is 1. The molecule has 3 heteroatoms. The Morgan fingerprint density at radius 1 is 1.23 bits per heavy atom. The van der Waals surface area contributed by atoms with E-state index in [1.165, 1.54) is 17.0 Å². The summed E-state index contributed by atoms with van der Waals surface area (Å²) >= 11 is 0. The van der Waals surface area contributed by atoms with Crippen LogP contribution in [0.3, 0.4) is 0 Å². The molecule has 1 aromatic carbocycles. The summed E-state index contributed by atoms with van der Waals surface area (Å²) < 4.78 is 5.12. The number of ether oxygens (including phenoxy) is 1. The van der Waals surface area contributed by atoms with Crippen molar-refractivity contribution in [2.45, 2.75) is 59.0 Å². The molecule has 1 aliphatic carbocycles. The first-order chi connectivity index (χ1) is 10.6. The second kappa shape index (κ2) is 8.33. The van der Waals surface area contributed by atoms with Crippen LogP contribution in [0.4, 0.5) is 0 Å². The van der Waals surface area contributed by atoms with Crippen LogP contribution in [0, 0.1) is 11.8 Å². The second-order valence-corrected chi connectivity index (χ2v) is 6.38. The highest BCUT2D eigenvalue weighted by Gasteiger charge is 2.26. The van der Waals surface area contributed by atoms with E-state index in [9.17, 15) is 4.79 Å². The molecule has 0 spiro atoms. The minimum atomic E-state index is -0.0115. The van der Waals surface area contributed by atoms with E-state index in [1.54, 1.807) is 0 Å². The molecular weight excluding hydrogens is 274 g/mol. The molecule has 1 fully saturated rings. The summed E-state index contributed by atoms with van der Waals surface area (Å²) in [6, 6.07) is 9.22. The van der Waals surface area contributed by atoms with Gasteiger partial charge in [-0.3, -0.25) is 4.79 Å². The predicted octanol–water partition coefficient (Wildman–Crippen LogP) is 3.86. The largest absolute Gasteiger partial charge is 0.466 e. The molecule has 0 aliphatic heterocycles. The molecular formula is C19H28NO2. The Balaban J connectivity index is 1.77. The fourth-order valence-corrected chi connectivity index (χ4v) is 3.05. The SMILES string of the molecule is CCOC(=O)C1CCC(NCc2cccc([C](C)C)c2)CC1. The minimum absolute atomic E-state index is 0.0115. The van der Waals surface area contributed by atoms with Gasteiger partial charge in [0.15, 0.2) is 0 Å². The molecule has 0 atom stereocenters. The number of nitrogens with one attached hydrogen (secondary N) is 1. The van der Waals surface area contributed by atoms with Gasteiger partial charge in [-0.15, -0.1) is 0 Å². The third-order valence-corrected chi connectivity index (χ3v) is 4.45. The molecule has 0 saturated heterocycles. The lowest BCUT2D eigenvalue weighted by atomic mass is 9.86. The van der Waals surface area contributed by atoms with Crippen molar-refractivity contribution in [3.8, 4) is 0 Å². The minimum Gasteiger partial charge on any atom is -0.466 e. The molecule has 1 aromatic rings. The van der Waals surface area contributed by atoms with Crippen LogP contribution in [0.25, 0.3) is 0 Å². The highest BCUT2D eigenvalue weighted by atomic mass is 16.5. The highest BCUT2D eigenvalue weighted by Crippen LogP contribution is 2.25. The van der Waals surface area contributed by atoms with Gasteiger partial charge in [0.25, 0.3) is 0 Å². The second-order valence-electron chi connectivity index (χ2n) is 6.38. The van der Waals surface area contributed by atoms with Crippen molar-refractivity contribution in [1.82, 2.24) is 5.32 Å². The van der Waals surface area contributed by atoms with Crippen molar-refractivity contribution >= 4 is 5.97 Å². The zero-order valence-corrected chi connectivity index (χ0v) is 14.0. The Labute approximate surface area is 134 Å². The first-order valence-corrected chi connectivity index (χ1v) is 8.39. The van der Waals surface area contributed by atoms with E-state index in [-0.39, 0.29) is 11.9 Å². The summed E-state index contributed by atoms with van der Waals surface area (Å²) in [5.41, 5.74) is 2.64. The summed E-state index contributed by atoms with van der Waals surface area (Å²) in [4.78, 5) is 11.7. The maximum absolute atomic E-state index is 11.7. The standard InChI is InChI=1S/C19H28NO2/c1-4-22-19(21)16-8-10-18(11-9-16)20-13-15-6-5-7-17(12-15)14(2)3/h5-7,12,16,18,20H,4,8-11,13H2,1-3H3. The number of hydrogen-bond donors (Lipinski definition) is 1. The zero-order valence-electron chi connectivity index (χ0n) is 14.0. The maximum Gasteiger partial charge on any atom is 0.308 e. The van der Waals surface area contributed by atoms with Gasteiger partial charge in [0, 0.05) is 12.6 Å². The van der Waals surface area contributed by atoms with Crippen LogP contribution < -0.4 is 5.32 Å². The molecule has 1 saturated carbocycles. The van der Waals surface area contributed by atoms with Crippen LogP contribution in [-0.2, 0) is 16.1 Å². The van der Waals surface area contributed by atoms with Crippen molar-refractivity contribution in [3.63, 3.8) is 0 Å². The van der Waals surface area contributed by atoms with Crippen LogP contribution >= 0.6 is 0 Å². The van der Waals surface area contributed by atoms with Gasteiger partial charge in [0.2, 0.25) is 0 Å². The van der Waals surface area contributed by atoms with Crippen molar-refractivity contribution in [1.29, 1.82) is 0 Å². The summed E-state index contributed by atoms with van der Waals surface area (Å²) in [5.74, 6) is 1.44. The van der Waals surface area contributed by atoms with Gasteiger partial charge >= 0.3 is 5.97 Å². The molecule has 1 N–H and O–H groups in total. The molecule has 121 valence electrons. The molecule has 0 aromatic heterocycles. The van der Waals surface area contributed by atoms with Gasteiger partial charge in [-0.25, -0.2) is 0 Å². The van der Waals surface area contributed by atoms with E-state index in [4.69, 9.17) is 4.74 Å². The molecule has 3 nitrogen and oxygen atoms in total. The molecule has 0 amide bonds. The van der Waals surface area contributed by atoms with Crippen LogP contribution in [0.15, 0.2) is 24.3 Å². The molecule has 1 aliphatic rings. The number of hydrogen-bond acceptors (Lipinski definition) is 3. The van der Waals surface area contributed by atoms with Gasteiger partial charge < -0.3 is 10.1 Å². The third-order valence-electron chi connectivity index (χ3n) is 4.45. The van der Waals surface area contributed by atoms with E-state index in [0.29, 0.717) is 12.6 Å².